The Morgan fingerprint density at radius 2 is 2.10 bits per heavy atom. The average molecular weight is 323 g/mol. The Bertz CT molecular complexity index is 872. The highest BCUT2D eigenvalue weighted by Crippen LogP contribution is 2.29. The van der Waals surface area contributed by atoms with E-state index in [1.54, 1.807) is 4.57 Å². The Kier molecular flexibility index (Phi) is 3.69. The second-order valence-corrected chi connectivity index (χ2v) is 5.24. The monoisotopic (exact) mass is 322 g/mol. The molecule has 1 heterocycles. The third-order valence-electron chi connectivity index (χ3n) is 3.13. The number of hydrogen-bond donors (Lipinski definition) is 1. The highest BCUT2D eigenvalue weighted by molar-refractivity contribution is 7.71. The highest BCUT2D eigenvalue weighted by Gasteiger charge is 2.13. The number of benzene rings is 2. The summed E-state index contributed by atoms with van der Waals surface area (Å²) in [6.45, 7) is 2.44. The number of nitrogens with zero attached hydrogens (tertiary/aromatic N) is 1. The maximum Gasteiger partial charge on any atom is 0.182 e. The summed E-state index contributed by atoms with van der Waals surface area (Å²) in [7, 11) is 0. The van der Waals surface area contributed by atoms with E-state index < -0.39 is 5.82 Å². The Morgan fingerprint density at radius 3 is 2.86 bits per heavy atom. The average Bonchev–Trinajstić information content (AvgIpc) is 2.76. The number of hydrogen-bond acceptors (Lipinski definition) is 2. The molecule has 0 saturated heterocycles. The largest absolute Gasteiger partial charge is 0.492 e. The van der Waals surface area contributed by atoms with Crippen LogP contribution < -0.4 is 4.74 Å². The minimum Gasteiger partial charge on any atom is -0.492 e. The van der Waals surface area contributed by atoms with Crippen molar-refractivity contribution in [3.8, 4) is 11.4 Å². The van der Waals surface area contributed by atoms with Crippen LogP contribution in [0.15, 0.2) is 36.4 Å². The molecule has 108 valence electrons. The number of aromatic nitrogens is 2. The zero-order valence-electron chi connectivity index (χ0n) is 11.2. The van der Waals surface area contributed by atoms with Gasteiger partial charge in [-0.05, 0) is 37.3 Å². The van der Waals surface area contributed by atoms with Crippen LogP contribution in [-0.2, 0) is 0 Å². The molecule has 0 aliphatic rings. The van der Waals surface area contributed by atoms with Crippen molar-refractivity contribution < 1.29 is 9.13 Å². The van der Waals surface area contributed by atoms with Crippen LogP contribution in [0.25, 0.3) is 16.7 Å². The second kappa shape index (κ2) is 5.50. The SMILES string of the molecule is CCOc1ccccc1-n1c(=S)[nH]c2cc(Cl)c(F)cc21. The van der Waals surface area contributed by atoms with Crippen LogP contribution in [0.3, 0.4) is 0 Å². The number of ether oxygens (including phenoxy) is 1. The second-order valence-electron chi connectivity index (χ2n) is 4.45. The maximum atomic E-state index is 13.8. The molecule has 0 aliphatic carbocycles. The van der Waals surface area contributed by atoms with Gasteiger partial charge < -0.3 is 9.72 Å². The molecule has 0 aliphatic heterocycles. The molecule has 6 heteroatoms. The first-order valence-electron chi connectivity index (χ1n) is 6.43. The first-order valence-corrected chi connectivity index (χ1v) is 7.22. The Labute approximate surface area is 130 Å². The molecular formula is C15H12ClFN2OS. The van der Waals surface area contributed by atoms with Crippen molar-refractivity contribution in [1.29, 1.82) is 0 Å². The summed E-state index contributed by atoms with van der Waals surface area (Å²) in [5.74, 6) is 0.202. The number of imidazole rings is 1. The van der Waals surface area contributed by atoms with Crippen LogP contribution in [0.1, 0.15) is 6.92 Å². The molecule has 0 radical (unpaired) electrons. The van der Waals surface area contributed by atoms with E-state index in [-0.39, 0.29) is 5.02 Å². The van der Waals surface area contributed by atoms with Gasteiger partial charge in [-0.25, -0.2) is 4.39 Å². The van der Waals surface area contributed by atoms with Crippen molar-refractivity contribution in [3.63, 3.8) is 0 Å². The van der Waals surface area contributed by atoms with Crippen molar-refractivity contribution in [2.45, 2.75) is 6.92 Å². The summed E-state index contributed by atoms with van der Waals surface area (Å²) in [6.07, 6.45) is 0. The van der Waals surface area contributed by atoms with Crippen LogP contribution >= 0.6 is 23.8 Å². The van der Waals surface area contributed by atoms with Gasteiger partial charge in [-0.3, -0.25) is 4.57 Å². The van der Waals surface area contributed by atoms with Gasteiger partial charge in [-0.1, -0.05) is 23.7 Å². The number of fused-ring (bicyclic) bond motifs is 1. The zero-order valence-corrected chi connectivity index (χ0v) is 12.8. The molecule has 0 unspecified atom stereocenters. The predicted molar refractivity (Wildman–Crippen MR) is 84.6 cm³/mol. The summed E-state index contributed by atoms with van der Waals surface area (Å²) in [6, 6.07) is 10.4. The normalized spacial score (nSPS) is 11.0. The van der Waals surface area contributed by atoms with E-state index in [2.05, 4.69) is 4.98 Å². The number of para-hydroxylation sites is 2. The first-order chi connectivity index (χ1) is 10.1. The molecule has 1 N–H and O–H groups in total. The lowest BCUT2D eigenvalue weighted by molar-refractivity contribution is 0.339. The lowest BCUT2D eigenvalue weighted by Crippen LogP contribution is -2.00. The molecule has 0 fully saturated rings. The minimum absolute atomic E-state index is 0.0593. The summed E-state index contributed by atoms with van der Waals surface area (Å²) in [5.41, 5.74) is 2.06. The van der Waals surface area contributed by atoms with Crippen molar-refractivity contribution in [1.82, 2.24) is 9.55 Å². The number of aromatic amines is 1. The molecule has 3 rings (SSSR count). The van der Waals surface area contributed by atoms with Crippen molar-refractivity contribution >= 4 is 34.9 Å². The molecule has 0 bridgehead atoms. The quantitative estimate of drug-likeness (QED) is 0.696. The molecule has 1 aromatic heterocycles. The minimum atomic E-state index is -0.485. The van der Waals surface area contributed by atoms with Crippen LogP contribution in [0.5, 0.6) is 5.75 Å². The first kappa shape index (κ1) is 14.1. The smallest absolute Gasteiger partial charge is 0.182 e. The highest BCUT2D eigenvalue weighted by atomic mass is 35.5. The zero-order chi connectivity index (χ0) is 15.0. The fourth-order valence-corrected chi connectivity index (χ4v) is 2.73. The Hall–Kier alpha value is -1.85. The molecule has 0 spiro atoms. The van der Waals surface area contributed by atoms with Gasteiger partial charge in [0.25, 0.3) is 0 Å². The van der Waals surface area contributed by atoms with Crippen LogP contribution in [0, 0.1) is 10.6 Å². The van der Waals surface area contributed by atoms with Gasteiger partial charge in [0.1, 0.15) is 11.6 Å². The summed E-state index contributed by atoms with van der Waals surface area (Å²) < 4.78 is 21.6. The van der Waals surface area contributed by atoms with Crippen LogP contribution in [0.2, 0.25) is 5.02 Å². The molecule has 0 atom stereocenters. The topological polar surface area (TPSA) is 29.9 Å². The van der Waals surface area contributed by atoms with E-state index in [0.29, 0.717) is 28.2 Å². The molecule has 0 amide bonds. The van der Waals surface area contributed by atoms with Gasteiger partial charge in [0.15, 0.2) is 4.77 Å². The molecular weight excluding hydrogens is 311 g/mol. The molecule has 0 saturated carbocycles. The lowest BCUT2D eigenvalue weighted by atomic mass is 10.2. The standard InChI is InChI=1S/C15H12ClFN2OS/c1-2-20-14-6-4-3-5-12(14)19-13-8-10(17)9(16)7-11(13)18-15(19)21/h3-8H,2H2,1H3,(H,18,21). The number of H-pyrrole nitrogens is 1. The number of halogens is 2. The maximum absolute atomic E-state index is 13.8. The van der Waals surface area contributed by atoms with E-state index in [1.807, 2.05) is 31.2 Å². The molecule has 21 heavy (non-hydrogen) atoms. The molecule has 3 nitrogen and oxygen atoms in total. The Morgan fingerprint density at radius 1 is 1.33 bits per heavy atom. The summed E-state index contributed by atoms with van der Waals surface area (Å²) >= 11 is 11.2. The van der Waals surface area contributed by atoms with Gasteiger partial charge in [0, 0.05) is 6.07 Å². The van der Waals surface area contributed by atoms with Gasteiger partial charge >= 0.3 is 0 Å². The number of nitrogens with one attached hydrogen (secondary N) is 1. The van der Waals surface area contributed by atoms with Crippen molar-refractivity contribution in [2.24, 2.45) is 0 Å². The predicted octanol–water partition coefficient (Wildman–Crippen LogP) is 4.88. The van der Waals surface area contributed by atoms with E-state index in [4.69, 9.17) is 28.6 Å². The summed E-state index contributed by atoms with van der Waals surface area (Å²) in [5, 5.41) is 0.0593. The third-order valence-corrected chi connectivity index (χ3v) is 3.70. The van der Waals surface area contributed by atoms with Gasteiger partial charge in [-0.15, -0.1) is 0 Å². The number of rotatable bonds is 3. The van der Waals surface area contributed by atoms with E-state index in [9.17, 15) is 4.39 Å². The van der Waals surface area contributed by atoms with E-state index >= 15 is 0 Å². The van der Waals surface area contributed by atoms with Crippen molar-refractivity contribution in [3.05, 3.63) is 52.0 Å². The lowest BCUT2D eigenvalue weighted by Gasteiger charge is -2.11. The molecule has 3 aromatic rings. The van der Waals surface area contributed by atoms with Crippen molar-refractivity contribution in [2.75, 3.05) is 6.61 Å². The fraction of sp³-hybridized carbons (Fsp3) is 0.133. The van der Waals surface area contributed by atoms with E-state index in [0.717, 1.165) is 5.69 Å². The van der Waals surface area contributed by atoms with Crippen LogP contribution in [0.4, 0.5) is 4.39 Å². The summed E-state index contributed by atoms with van der Waals surface area (Å²) in [4.78, 5) is 3.03. The van der Waals surface area contributed by atoms with Gasteiger partial charge in [0.2, 0.25) is 0 Å². The Balaban J connectivity index is 2.33. The van der Waals surface area contributed by atoms with Gasteiger partial charge in [-0.2, -0.15) is 0 Å². The molecule has 2 aromatic carbocycles. The van der Waals surface area contributed by atoms with E-state index in [1.165, 1.54) is 12.1 Å². The van der Waals surface area contributed by atoms with Gasteiger partial charge in [0.05, 0.1) is 28.4 Å². The third kappa shape index (κ3) is 2.43. The van der Waals surface area contributed by atoms with Crippen LogP contribution in [-0.4, -0.2) is 16.2 Å². The fourth-order valence-electron chi connectivity index (χ4n) is 2.26.